The molecule has 2 N–H and O–H groups in total. The lowest BCUT2D eigenvalue weighted by Crippen LogP contribution is -2.44. The maximum absolute atomic E-state index is 5.94. The SMILES string of the molecule is CCOc1ncc(-c2cc(N)ccc2C)cc1C1(C)COC1.CCOc1ncc(Br)cc1C1(C)COC1. The normalized spacial score (nSPS) is 17.0. The Morgan fingerprint density at radius 1 is 0.865 bits per heavy atom. The first-order valence-corrected chi connectivity index (χ1v) is 13.4. The van der Waals surface area contributed by atoms with Gasteiger partial charge in [0.25, 0.3) is 0 Å². The standard InChI is InChI=1S/C18H22N2O2.C11H14BrNO2/c1-4-22-17-16(18(3)10-21-11-18)7-13(9-20-17)15-8-14(19)6-5-12(15)2;1-3-15-10-9(4-8(12)5-13-10)11(2)6-14-7-11/h5-9H,4,10-11,19H2,1-3H3;4-5H,3,6-7H2,1-2H3. The Bertz CT molecular complexity index is 1240. The van der Waals surface area contributed by atoms with E-state index in [1.807, 2.05) is 38.2 Å². The van der Waals surface area contributed by atoms with E-state index in [0.717, 1.165) is 51.5 Å². The number of nitrogens with two attached hydrogens (primary N) is 1. The van der Waals surface area contributed by atoms with Gasteiger partial charge in [0.15, 0.2) is 0 Å². The number of aromatic nitrogens is 2. The molecule has 0 radical (unpaired) electrons. The van der Waals surface area contributed by atoms with Crippen molar-refractivity contribution in [2.75, 3.05) is 45.4 Å². The second kappa shape index (κ2) is 11.4. The molecule has 2 aromatic heterocycles. The highest BCUT2D eigenvalue weighted by atomic mass is 79.9. The third-order valence-electron chi connectivity index (χ3n) is 6.79. The Morgan fingerprint density at radius 3 is 1.92 bits per heavy atom. The summed E-state index contributed by atoms with van der Waals surface area (Å²) in [4.78, 5) is 8.84. The van der Waals surface area contributed by atoms with Crippen molar-refractivity contribution in [3.8, 4) is 22.9 Å². The second-order valence-electron chi connectivity index (χ2n) is 10.1. The Labute approximate surface area is 227 Å². The van der Waals surface area contributed by atoms with Crippen molar-refractivity contribution in [3.63, 3.8) is 0 Å². The van der Waals surface area contributed by atoms with Gasteiger partial charge in [-0.25, -0.2) is 9.97 Å². The number of pyridine rings is 2. The highest BCUT2D eigenvalue weighted by Crippen LogP contribution is 2.40. The molecule has 198 valence electrons. The van der Waals surface area contributed by atoms with E-state index in [1.54, 1.807) is 6.20 Å². The van der Waals surface area contributed by atoms with Crippen molar-refractivity contribution in [3.05, 3.63) is 63.9 Å². The molecule has 1 aromatic carbocycles. The smallest absolute Gasteiger partial charge is 0.217 e. The molecule has 2 aliphatic rings. The van der Waals surface area contributed by atoms with Gasteiger partial charge in [0.2, 0.25) is 11.8 Å². The van der Waals surface area contributed by atoms with Crippen LogP contribution in [0.5, 0.6) is 11.8 Å². The number of halogens is 1. The molecule has 0 amide bonds. The molecular formula is C29H36BrN3O4. The predicted molar refractivity (Wildman–Crippen MR) is 149 cm³/mol. The van der Waals surface area contributed by atoms with Crippen molar-refractivity contribution in [2.24, 2.45) is 0 Å². The van der Waals surface area contributed by atoms with Crippen LogP contribution in [0.15, 0.2) is 47.2 Å². The highest BCUT2D eigenvalue weighted by molar-refractivity contribution is 9.10. The number of hydrogen-bond acceptors (Lipinski definition) is 7. The number of benzene rings is 1. The van der Waals surface area contributed by atoms with Crippen molar-refractivity contribution < 1.29 is 18.9 Å². The van der Waals surface area contributed by atoms with Crippen LogP contribution in [0.25, 0.3) is 11.1 Å². The number of hydrogen-bond donors (Lipinski definition) is 1. The van der Waals surface area contributed by atoms with Crippen molar-refractivity contribution in [1.29, 1.82) is 0 Å². The maximum atomic E-state index is 5.94. The van der Waals surface area contributed by atoms with Crippen molar-refractivity contribution >= 4 is 21.6 Å². The summed E-state index contributed by atoms with van der Waals surface area (Å²) in [5, 5.41) is 0. The average molecular weight is 571 g/mol. The third-order valence-corrected chi connectivity index (χ3v) is 7.22. The second-order valence-corrected chi connectivity index (χ2v) is 11.0. The van der Waals surface area contributed by atoms with Gasteiger partial charge in [0.1, 0.15) is 0 Å². The summed E-state index contributed by atoms with van der Waals surface area (Å²) >= 11 is 3.43. The molecule has 3 aromatic rings. The molecule has 2 saturated heterocycles. The van der Waals surface area contributed by atoms with Gasteiger partial charge in [-0.15, -0.1) is 0 Å². The summed E-state index contributed by atoms with van der Waals surface area (Å²) in [5.74, 6) is 1.44. The molecule has 0 saturated carbocycles. The van der Waals surface area contributed by atoms with Gasteiger partial charge in [0.05, 0.1) is 39.6 Å². The van der Waals surface area contributed by atoms with E-state index in [-0.39, 0.29) is 10.8 Å². The molecule has 0 spiro atoms. The largest absolute Gasteiger partial charge is 0.478 e. The van der Waals surface area contributed by atoms with Crippen LogP contribution in [0.1, 0.15) is 44.4 Å². The molecule has 8 heteroatoms. The molecule has 0 bridgehead atoms. The highest BCUT2D eigenvalue weighted by Gasteiger charge is 2.39. The van der Waals surface area contributed by atoms with Gasteiger partial charge in [-0.1, -0.05) is 19.9 Å². The van der Waals surface area contributed by atoms with E-state index >= 15 is 0 Å². The first-order chi connectivity index (χ1) is 17.7. The topological polar surface area (TPSA) is 88.7 Å². The molecular weight excluding hydrogens is 534 g/mol. The lowest BCUT2D eigenvalue weighted by Gasteiger charge is -2.39. The van der Waals surface area contributed by atoms with Crippen LogP contribution in [0.3, 0.4) is 0 Å². The van der Waals surface area contributed by atoms with E-state index in [0.29, 0.717) is 32.3 Å². The van der Waals surface area contributed by atoms with Crippen molar-refractivity contribution in [2.45, 2.75) is 45.4 Å². The minimum absolute atomic E-state index is 0.0260. The summed E-state index contributed by atoms with van der Waals surface area (Å²) in [7, 11) is 0. The van der Waals surface area contributed by atoms with E-state index in [4.69, 9.17) is 24.7 Å². The summed E-state index contributed by atoms with van der Waals surface area (Å²) < 4.78 is 22.9. The summed E-state index contributed by atoms with van der Waals surface area (Å²) in [5.41, 5.74) is 12.3. The molecule has 0 aliphatic carbocycles. The lowest BCUT2D eigenvalue weighted by atomic mass is 9.80. The van der Waals surface area contributed by atoms with Crippen LogP contribution in [0.2, 0.25) is 0 Å². The Balaban J connectivity index is 0.000000186. The third kappa shape index (κ3) is 5.92. The van der Waals surface area contributed by atoms with Gasteiger partial charge < -0.3 is 24.7 Å². The molecule has 4 heterocycles. The Morgan fingerprint density at radius 2 is 1.41 bits per heavy atom. The van der Waals surface area contributed by atoms with E-state index in [1.165, 1.54) is 5.56 Å². The summed E-state index contributed by atoms with van der Waals surface area (Å²) in [6.45, 7) is 14.5. The first-order valence-electron chi connectivity index (χ1n) is 12.6. The molecule has 7 nitrogen and oxygen atoms in total. The van der Waals surface area contributed by atoms with Crippen LogP contribution >= 0.6 is 15.9 Å². The molecule has 37 heavy (non-hydrogen) atoms. The molecule has 2 aliphatic heterocycles. The van der Waals surface area contributed by atoms with Crippen LogP contribution < -0.4 is 15.2 Å². The summed E-state index contributed by atoms with van der Waals surface area (Å²) in [6, 6.07) is 10.2. The molecule has 5 rings (SSSR count). The number of rotatable bonds is 7. The van der Waals surface area contributed by atoms with Gasteiger partial charge in [-0.05, 0) is 72.1 Å². The minimum Gasteiger partial charge on any atom is -0.478 e. The fraction of sp³-hybridized carbons (Fsp3) is 0.448. The minimum atomic E-state index is -0.0260. The molecule has 2 fully saturated rings. The lowest BCUT2D eigenvalue weighted by molar-refractivity contribution is -0.0513. The quantitative estimate of drug-likeness (QED) is 0.356. The molecule has 0 unspecified atom stereocenters. The number of nitrogen functional groups attached to an aromatic ring is 1. The monoisotopic (exact) mass is 569 g/mol. The fourth-order valence-corrected chi connectivity index (χ4v) is 4.80. The Hall–Kier alpha value is -2.68. The van der Waals surface area contributed by atoms with Crippen LogP contribution in [0.4, 0.5) is 5.69 Å². The summed E-state index contributed by atoms with van der Waals surface area (Å²) in [6.07, 6.45) is 3.62. The predicted octanol–water partition coefficient (Wildman–Crippen LogP) is 5.86. The first kappa shape index (κ1) is 27.4. The van der Waals surface area contributed by atoms with Crippen molar-refractivity contribution in [1.82, 2.24) is 9.97 Å². The number of anilines is 1. The van der Waals surface area contributed by atoms with E-state index in [2.05, 4.69) is 58.8 Å². The van der Waals surface area contributed by atoms with E-state index in [9.17, 15) is 0 Å². The number of ether oxygens (including phenoxy) is 4. The number of aryl methyl sites for hydroxylation is 1. The number of nitrogens with zero attached hydrogens (tertiary/aromatic N) is 2. The zero-order valence-electron chi connectivity index (χ0n) is 22.3. The van der Waals surface area contributed by atoms with Gasteiger partial charge in [-0.3, -0.25) is 0 Å². The zero-order valence-corrected chi connectivity index (χ0v) is 23.9. The van der Waals surface area contributed by atoms with Crippen LogP contribution in [-0.2, 0) is 20.3 Å². The van der Waals surface area contributed by atoms with Gasteiger partial charge >= 0.3 is 0 Å². The maximum Gasteiger partial charge on any atom is 0.217 e. The van der Waals surface area contributed by atoms with Crippen LogP contribution in [-0.4, -0.2) is 49.6 Å². The van der Waals surface area contributed by atoms with E-state index < -0.39 is 0 Å². The fourth-order valence-electron chi connectivity index (χ4n) is 4.47. The molecule has 0 atom stereocenters. The zero-order chi connectivity index (χ0) is 26.6. The van der Waals surface area contributed by atoms with Gasteiger partial charge in [-0.2, -0.15) is 0 Å². The Kier molecular flexibility index (Phi) is 8.41. The van der Waals surface area contributed by atoms with Crippen LogP contribution in [0, 0.1) is 6.92 Å². The van der Waals surface area contributed by atoms with Gasteiger partial charge in [0, 0.05) is 50.1 Å². The average Bonchev–Trinajstić information content (AvgIpc) is 2.85.